The fraction of sp³-hybridized carbons (Fsp3) is 0.250. The van der Waals surface area contributed by atoms with Crippen LogP contribution < -0.4 is 5.73 Å². The lowest BCUT2D eigenvalue weighted by atomic mass is 9.99. The zero-order valence-electron chi connectivity index (χ0n) is 11.8. The highest BCUT2D eigenvalue weighted by atomic mass is 79.9. The average molecular weight is 349 g/mol. The molecule has 0 spiro atoms. The number of benzene rings is 2. The average Bonchev–Trinajstić information content (AvgIpc) is 2.43. The maximum Gasteiger partial charge on any atom is 0.270 e. The van der Waals surface area contributed by atoms with Crippen molar-refractivity contribution in [2.75, 3.05) is 0 Å². The maximum absolute atomic E-state index is 10.7. The molecule has 0 radical (unpaired) electrons. The first kappa shape index (κ1) is 15.7. The van der Waals surface area contributed by atoms with Crippen molar-refractivity contribution in [3.8, 4) is 0 Å². The first-order chi connectivity index (χ1) is 9.95. The van der Waals surface area contributed by atoms with Crippen molar-refractivity contribution in [1.82, 2.24) is 0 Å². The second-order valence-corrected chi connectivity index (χ2v) is 6.04. The summed E-state index contributed by atoms with van der Waals surface area (Å²) in [6, 6.07) is 13.1. The smallest absolute Gasteiger partial charge is 0.270 e. The van der Waals surface area contributed by atoms with Gasteiger partial charge in [-0.2, -0.15) is 0 Å². The van der Waals surface area contributed by atoms with Crippen molar-refractivity contribution >= 4 is 21.6 Å². The molecule has 21 heavy (non-hydrogen) atoms. The van der Waals surface area contributed by atoms with Crippen LogP contribution in [-0.2, 0) is 12.8 Å². The molecule has 0 saturated carbocycles. The van der Waals surface area contributed by atoms with Crippen LogP contribution in [0.15, 0.2) is 46.9 Å². The zero-order valence-corrected chi connectivity index (χ0v) is 13.3. The zero-order chi connectivity index (χ0) is 15.4. The SMILES string of the molecule is Cc1ccc(CC(N)Cc2ccc([N+](=O)[O-])cc2Br)cc1. The van der Waals surface area contributed by atoms with Gasteiger partial charge in [-0.25, -0.2) is 0 Å². The predicted octanol–water partition coefficient (Wildman–Crippen LogP) is 3.78. The molecule has 0 aromatic heterocycles. The molecule has 0 amide bonds. The highest BCUT2D eigenvalue weighted by Gasteiger charge is 2.12. The van der Waals surface area contributed by atoms with Gasteiger partial charge in [-0.3, -0.25) is 10.1 Å². The standard InChI is InChI=1S/C16H17BrN2O2/c1-11-2-4-12(5-3-11)8-14(18)9-13-6-7-15(19(20)21)10-16(13)17/h2-7,10,14H,8-9,18H2,1H3. The van der Waals surface area contributed by atoms with Gasteiger partial charge in [0.1, 0.15) is 0 Å². The first-order valence-corrected chi connectivity index (χ1v) is 7.49. The van der Waals surface area contributed by atoms with Crippen LogP contribution in [0, 0.1) is 17.0 Å². The van der Waals surface area contributed by atoms with Gasteiger partial charge in [0.15, 0.2) is 0 Å². The van der Waals surface area contributed by atoms with E-state index in [1.54, 1.807) is 6.07 Å². The number of nitrogens with zero attached hydrogens (tertiary/aromatic N) is 1. The van der Waals surface area contributed by atoms with Crippen LogP contribution in [-0.4, -0.2) is 11.0 Å². The molecule has 0 aliphatic rings. The molecule has 0 fully saturated rings. The van der Waals surface area contributed by atoms with E-state index < -0.39 is 4.92 Å². The Bertz CT molecular complexity index is 641. The summed E-state index contributed by atoms with van der Waals surface area (Å²) in [5, 5.41) is 10.7. The van der Waals surface area contributed by atoms with Crippen LogP contribution in [0.4, 0.5) is 5.69 Å². The van der Waals surface area contributed by atoms with Gasteiger partial charge in [0.25, 0.3) is 5.69 Å². The largest absolute Gasteiger partial charge is 0.327 e. The van der Waals surface area contributed by atoms with Gasteiger partial charge in [0.2, 0.25) is 0 Å². The van der Waals surface area contributed by atoms with E-state index in [-0.39, 0.29) is 11.7 Å². The number of nitro benzene ring substituents is 1. The number of rotatable bonds is 5. The topological polar surface area (TPSA) is 69.2 Å². The lowest BCUT2D eigenvalue weighted by Crippen LogP contribution is -2.25. The Hall–Kier alpha value is -1.72. The molecule has 4 nitrogen and oxygen atoms in total. The third-order valence-electron chi connectivity index (χ3n) is 3.35. The fourth-order valence-electron chi connectivity index (χ4n) is 2.20. The van der Waals surface area contributed by atoms with Crippen LogP contribution in [0.3, 0.4) is 0 Å². The van der Waals surface area contributed by atoms with Crippen LogP contribution in [0.2, 0.25) is 0 Å². The Morgan fingerprint density at radius 3 is 2.43 bits per heavy atom. The number of nitro groups is 1. The predicted molar refractivity (Wildman–Crippen MR) is 87.4 cm³/mol. The highest BCUT2D eigenvalue weighted by Crippen LogP contribution is 2.24. The maximum atomic E-state index is 10.7. The van der Waals surface area contributed by atoms with Crippen molar-refractivity contribution in [2.24, 2.45) is 5.73 Å². The molecular weight excluding hydrogens is 332 g/mol. The Kier molecular flexibility index (Phi) is 5.09. The molecule has 2 N–H and O–H groups in total. The van der Waals surface area contributed by atoms with Crippen molar-refractivity contribution in [2.45, 2.75) is 25.8 Å². The molecule has 5 heteroatoms. The quantitative estimate of drug-likeness (QED) is 0.660. The minimum Gasteiger partial charge on any atom is -0.327 e. The van der Waals surface area contributed by atoms with Gasteiger partial charge in [-0.1, -0.05) is 51.8 Å². The number of hydrogen-bond acceptors (Lipinski definition) is 3. The molecule has 0 heterocycles. The van der Waals surface area contributed by atoms with Crippen LogP contribution in [0.25, 0.3) is 0 Å². The summed E-state index contributed by atoms with van der Waals surface area (Å²) >= 11 is 3.38. The summed E-state index contributed by atoms with van der Waals surface area (Å²) in [7, 11) is 0. The third kappa shape index (κ3) is 4.37. The summed E-state index contributed by atoms with van der Waals surface area (Å²) in [5.41, 5.74) is 9.68. The van der Waals surface area contributed by atoms with E-state index in [4.69, 9.17) is 5.73 Å². The number of halogens is 1. The minimum atomic E-state index is -0.402. The van der Waals surface area contributed by atoms with E-state index in [1.807, 2.05) is 0 Å². The van der Waals surface area contributed by atoms with E-state index in [1.165, 1.54) is 23.3 Å². The van der Waals surface area contributed by atoms with Crippen molar-refractivity contribution < 1.29 is 4.92 Å². The third-order valence-corrected chi connectivity index (χ3v) is 4.09. The highest BCUT2D eigenvalue weighted by molar-refractivity contribution is 9.10. The second-order valence-electron chi connectivity index (χ2n) is 5.19. The van der Waals surface area contributed by atoms with Gasteiger partial charge in [-0.05, 0) is 30.9 Å². The Morgan fingerprint density at radius 2 is 1.86 bits per heavy atom. The van der Waals surface area contributed by atoms with Gasteiger partial charge >= 0.3 is 0 Å². The summed E-state index contributed by atoms with van der Waals surface area (Å²) < 4.78 is 0.732. The Balaban J connectivity index is 2.04. The molecule has 0 bridgehead atoms. The van der Waals surface area contributed by atoms with Crippen molar-refractivity contribution in [3.63, 3.8) is 0 Å². The minimum absolute atomic E-state index is 0.0227. The number of nitrogens with two attached hydrogens (primary N) is 1. The second kappa shape index (κ2) is 6.83. The van der Waals surface area contributed by atoms with E-state index in [0.717, 1.165) is 16.5 Å². The van der Waals surface area contributed by atoms with Gasteiger partial charge in [-0.15, -0.1) is 0 Å². The van der Waals surface area contributed by atoms with Gasteiger partial charge in [0.05, 0.1) is 4.92 Å². The normalized spacial score (nSPS) is 12.1. The summed E-state index contributed by atoms with van der Waals surface area (Å²) in [5.74, 6) is 0. The lowest BCUT2D eigenvalue weighted by molar-refractivity contribution is -0.384. The van der Waals surface area contributed by atoms with E-state index in [9.17, 15) is 10.1 Å². The fourth-order valence-corrected chi connectivity index (χ4v) is 2.73. The summed E-state index contributed by atoms with van der Waals surface area (Å²) in [6.45, 7) is 2.05. The number of hydrogen-bond donors (Lipinski definition) is 1. The lowest BCUT2D eigenvalue weighted by Gasteiger charge is -2.13. The van der Waals surface area contributed by atoms with Gasteiger partial charge in [0, 0.05) is 22.6 Å². The Labute approximate surface area is 132 Å². The van der Waals surface area contributed by atoms with Crippen LogP contribution >= 0.6 is 15.9 Å². The molecule has 110 valence electrons. The van der Waals surface area contributed by atoms with E-state index in [0.29, 0.717) is 6.42 Å². The molecular formula is C16H17BrN2O2. The molecule has 2 aromatic rings. The summed E-state index contributed by atoms with van der Waals surface area (Å²) in [6.07, 6.45) is 1.45. The van der Waals surface area contributed by atoms with Gasteiger partial charge < -0.3 is 5.73 Å². The van der Waals surface area contributed by atoms with Crippen molar-refractivity contribution in [3.05, 3.63) is 73.7 Å². The molecule has 0 aliphatic carbocycles. The summed E-state index contributed by atoms with van der Waals surface area (Å²) in [4.78, 5) is 10.3. The molecule has 2 aromatic carbocycles. The van der Waals surface area contributed by atoms with Crippen LogP contribution in [0.1, 0.15) is 16.7 Å². The molecule has 1 unspecified atom stereocenters. The first-order valence-electron chi connectivity index (χ1n) is 6.69. The monoisotopic (exact) mass is 348 g/mol. The number of non-ortho nitro benzene ring substituents is 1. The number of aryl methyl sites for hydroxylation is 1. The molecule has 0 saturated heterocycles. The molecule has 0 aliphatic heterocycles. The molecule has 2 rings (SSSR count). The Morgan fingerprint density at radius 1 is 1.19 bits per heavy atom. The molecule has 1 atom stereocenters. The van der Waals surface area contributed by atoms with Crippen LogP contribution in [0.5, 0.6) is 0 Å². The van der Waals surface area contributed by atoms with E-state index >= 15 is 0 Å². The van der Waals surface area contributed by atoms with Crippen molar-refractivity contribution in [1.29, 1.82) is 0 Å². The van der Waals surface area contributed by atoms with E-state index in [2.05, 4.69) is 47.1 Å².